The average molecular weight is 250 g/mol. The number of aliphatic hydroxyl groups excluding tert-OH is 1. The summed E-state index contributed by atoms with van der Waals surface area (Å²) in [4.78, 5) is 8.88. The Hall–Kier alpha value is -1.17. The summed E-state index contributed by atoms with van der Waals surface area (Å²) < 4.78 is 0. The molecule has 5 nitrogen and oxygen atoms in total. The molecule has 0 radical (unpaired) electrons. The Morgan fingerprint density at radius 1 is 1.44 bits per heavy atom. The molecule has 100 valence electrons. The van der Waals surface area contributed by atoms with Gasteiger partial charge >= 0.3 is 0 Å². The number of anilines is 1. The van der Waals surface area contributed by atoms with Crippen LogP contribution in [0.15, 0.2) is 18.3 Å². The van der Waals surface area contributed by atoms with E-state index in [4.69, 9.17) is 10.8 Å². The molecule has 1 aliphatic rings. The maximum absolute atomic E-state index is 8.96. The number of aromatic nitrogens is 1. The number of aliphatic hydroxyl groups is 1. The van der Waals surface area contributed by atoms with Crippen molar-refractivity contribution in [3.63, 3.8) is 0 Å². The van der Waals surface area contributed by atoms with Crippen LogP contribution in [0, 0.1) is 0 Å². The van der Waals surface area contributed by atoms with Gasteiger partial charge in [-0.1, -0.05) is 6.07 Å². The summed E-state index contributed by atoms with van der Waals surface area (Å²) in [6, 6.07) is 4.39. The molecule has 1 aromatic heterocycles. The second-order valence-electron chi connectivity index (χ2n) is 4.94. The second kappa shape index (κ2) is 6.13. The average Bonchev–Trinajstić information content (AvgIpc) is 2.36. The van der Waals surface area contributed by atoms with Crippen molar-refractivity contribution >= 4 is 5.82 Å². The molecule has 2 rings (SSSR count). The van der Waals surface area contributed by atoms with Crippen LogP contribution >= 0.6 is 0 Å². The number of hydrogen-bond donors (Lipinski definition) is 2. The molecule has 0 aliphatic carbocycles. The maximum Gasteiger partial charge on any atom is 0.123 e. The van der Waals surface area contributed by atoms with Gasteiger partial charge in [0.25, 0.3) is 0 Å². The molecule has 0 amide bonds. The van der Waals surface area contributed by atoms with Gasteiger partial charge in [-0.15, -0.1) is 0 Å². The number of nitrogens with two attached hydrogens (primary N) is 1. The van der Waals surface area contributed by atoms with Crippen LogP contribution < -0.4 is 5.73 Å². The number of β-amino-alcohol motifs (C(OH)–C–C–N with tert-alkyl or cyclic N) is 1. The first-order chi connectivity index (χ1) is 8.69. The first-order valence-corrected chi connectivity index (χ1v) is 6.46. The first-order valence-electron chi connectivity index (χ1n) is 6.46. The third-order valence-corrected chi connectivity index (χ3v) is 3.50. The molecule has 0 saturated carbocycles. The second-order valence-corrected chi connectivity index (χ2v) is 4.94. The maximum atomic E-state index is 8.96. The molecule has 1 fully saturated rings. The summed E-state index contributed by atoms with van der Waals surface area (Å²) in [6.45, 7) is 7.24. The lowest BCUT2D eigenvalue weighted by molar-refractivity contribution is 0.0664. The van der Waals surface area contributed by atoms with Crippen molar-refractivity contribution in [3.05, 3.63) is 23.9 Å². The quantitative estimate of drug-likeness (QED) is 0.797. The number of nitrogen functional groups attached to an aromatic ring is 1. The van der Waals surface area contributed by atoms with Crippen LogP contribution in [-0.2, 0) is 6.54 Å². The lowest BCUT2D eigenvalue weighted by atomic mass is 10.1. The van der Waals surface area contributed by atoms with Crippen LogP contribution in [0.1, 0.15) is 12.5 Å². The monoisotopic (exact) mass is 250 g/mol. The Morgan fingerprint density at radius 3 is 2.89 bits per heavy atom. The fourth-order valence-corrected chi connectivity index (χ4v) is 2.41. The molecule has 5 heteroatoms. The van der Waals surface area contributed by atoms with Crippen LogP contribution in [0.5, 0.6) is 0 Å². The highest BCUT2D eigenvalue weighted by Crippen LogP contribution is 2.13. The highest BCUT2D eigenvalue weighted by molar-refractivity contribution is 5.29. The molecule has 0 aromatic carbocycles. The van der Waals surface area contributed by atoms with E-state index in [0.717, 1.165) is 32.7 Å². The van der Waals surface area contributed by atoms with Gasteiger partial charge in [0.05, 0.1) is 6.61 Å². The van der Waals surface area contributed by atoms with E-state index in [2.05, 4.69) is 21.7 Å². The number of hydrogen-bond acceptors (Lipinski definition) is 5. The van der Waals surface area contributed by atoms with Gasteiger partial charge in [0.15, 0.2) is 0 Å². The summed E-state index contributed by atoms with van der Waals surface area (Å²) in [7, 11) is 0. The molecule has 0 bridgehead atoms. The summed E-state index contributed by atoms with van der Waals surface area (Å²) in [5.74, 6) is 0.569. The normalized spacial score (nSPS) is 22.2. The number of rotatable bonds is 4. The minimum absolute atomic E-state index is 0.245. The predicted octanol–water partition coefficient (Wildman–Crippen LogP) is 0.162. The summed E-state index contributed by atoms with van der Waals surface area (Å²) in [5.41, 5.74) is 6.78. The van der Waals surface area contributed by atoms with Gasteiger partial charge in [0.1, 0.15) is 5.82 Å². The van der Waals surface area contributed by atoms with Crippen molar-refractivity contribution in [2.24, 2.45) is 0 Å². The minimum Gasteiger partial charge on any atom is -0.395 e. The molecule has 1 aliphatic heterocycles. The van der Waals surface area contributed by atoms with Gasteiger partial charge in [-0.25, -0.2) is 4.98 Å². The van der Waals surface area contributed by atoms with Gasteiger partial charge < -0.3 is 10.8 Å². The highest BCUT2D eigenvalue weighted by atomic mass is 16.3. The molecular formula is C13H22N4O. The molecule has 2 heterocycles. The predicted molar refractivity (Wildman–Crippen MR) is 72.0 cm³/mol. The van der Waals surface area contributed by atoms with Crippen molar-refractivity contribution in [3.8, 4) is 0 Å². The third kappa shape index (κ3) is 3.41. The summed E-state index contributed by atoms with van der Waals surface area (Å²) in [6.07, 6.45) is 1.85. The zero-order chi connectivity index (χ0) is 13.0. The number of piperazine rings is 1. The molecule has 0 unspecified atom stereocenters. The molecule has 3 N–H and O–H groups in total. The lowest BCUT2D eigenvalue weighted by Crippen LogP contribution is -2.51. The fourth-order valence-electron chi connectivity index (χ4n) is 2.41. The SMILES string of the molecule is C[C@@H]1CN(CCO)CCN1Cc1ccc(N)nc1. The van der Waals surface area contributed by atoms with Crippen LogP contribution in [0.4, 0.5) is 5.82 Å². The van der Waals surface area contributed by atoms with Crippen molar-refractivity contribution in [2.75, 3.05) is 38.5 Å². The largest absolute Gasteiger partial charge is 0.395 e. The van der Waals surface area contributed by atoms with Crippen molar-refractivity contribution in [1.82, 2.24) is 14.8 Å². The van der Waals surface area contributed by atoms with Gasteiger partial charge in [0.2, 0.25) is 0 Å². The zero-order valence-corrected chi connectivity index (χ0v) is 10.9. The van der Waals surface area contributed by atoms with Crippen molar-refractivity contribution in [1.29, 1.82) is 0 Å². The van der Waals surface area contributed by atoms with E-state index < -0.39 is 0 Å². The van der Waals surface area contributed by atoms with E-state index in [1.807, 2.05) is 18.3 Å². The fraction of sp³-hybridized carbons (Fsp3) is 0.615. The van der Waals surface area contributed by atoms with Gasteiger partial charge in [-0.3, -0.25) is 9.80 Å². The smallest absolute Gasteiger partial charge is 0.123 e. The lowest BCUT2D eigenvalue weighted by Gasteiger charge is -2.39. The number of pyridine rings is 1. The number of nitrogens with zero attached hydrogens (tertiary/aromatic N) is 3. The van der Waals surface area contributed by atoms with Crippen LogP contribution in [0.3, 0.4) is 0 Å². The topological polar surface area (TPSA) is 65.6 Å². The van der Waals surface area contributed by atoms with E-state index in [1.54, 1.807) is 0 Å². The molecule has 1 atom stereocenters. The Morgan fingerprint density at radius 2 is 2.28 bits per heavy atom. The van der Waals surface area contributed by atoms with E-state index >= 15 is 0 Å². The summed E-state index contributed by atoms with van der Waals surface area (Å²) >= 11 is 0. The molecule has 0 spiro atoms. The first kappa shape index (κ1) is 13.3. The van der Waals surface area contributed by atoms with E-state index in [-0.39, 0.29) is 6.61 Å². The molecule has 18 heavy (non-hydrogen) atoms. The van der Waals surface area contributed by atoms with Crippen LogP contribution in [-0.4, -0.2) is 58.7 Å². The Balaban J connectivity index is 1.89. The van der Waals surface area contributed by atoms with Gasteiger partial charge in [-0.2, -0.15) is 0 Å². The van der Waals surface area contributed by atoms with Crippen LogP contribution in [0.25, 0.3) is 0 Å². The van der Waals surface area contributed by atoms with Crippen molar-refractivity contribution < 1.29 is 5.11 Å². The minimum atomic E-state index is 0.245. The van der Waals surface area contributed by atoms with Gasteiger partial charge in [-0.05, 0) is 18.6 Å². The van der Waals surface area contributed by atoms with Crippen LogP contribution in [0.2, 0.25) is 0 Å². The molecular weight excluding hydrogens is 228 g/mol. The molecule has 1 saturated heterocycles. The van der Waals surface area contributed by atoms with E-state index in [1.165, 1.54) is 5.56 Å². The highest BCUT2D eigenvalue weighted by Gasteiger charge is 2.23. The Kier molecular flexibility index (Phi) is 4.52. The Labute approximate surface area is 108 Å². The Bertz CT molecular complexity index is 368. The standard InChI is InChI=1S/C13H22N4O/c1-11-9-16(6-7-18)4-5-17(11)10-12-2-3-13(14)15-8-12/h2-3,8,11,18H,4-7,9-10H2,1H3,(H2,14,15)/t11-/m1/s1. The van der Waals surface area contributed by atoms with E-state index in [9.17, 15) is 0 Å². The summed E-state index contributed by atoms with van der Waals surface area (Å²) in [5, 5.41) is 8.96. The zero-order valence-electron chi connectivity index (χ0n) is 10.9. The van der Waals surface area contributed by atoms with E-state index in [0.29, 0.717) is 11.9 Å². The van der Waals surface area contributed by atoms with Gasteiger partial charge in [0, 0.05) is 45.0 Å². The molecule has 1 aromatic rings. The third-order valence-electron chi connectivity index (χ3n) is 3.50. The van der Waals surface area contributed by atoms with Crippen molar-refractivity contribution in [2.45, 2.75) is 19.5 Å².